The molecule has 44 heavy (non-hydrogen) atoms. The zero-order chi connectivity index (χ0) is 31.5. The fourth-order valence-corrected chi connectivity index (χ4v) is 7.58. The van der Waals surface area contributed by atoms with Gasteiger partial charge in [-0.25, -0.2) is 4.89 Å². The number of carboxylic acid groups (broad SMARTS) is 1. The van der Waals surface area contributed by atoms with Crippen LogP contribution in [0.15, 0.2) is 0 Å². The van der Waals surface area contributed by atoms with Crippen LogP contribution >= 0.6 is 0 Å². The molecule has 5 unspecified atom stereocenters. The second kappa shape index (κ2) is 17.5. The van der Waals surface area contributed by atoms with Gasteiger partial charge in [-0.2, -0.15) is 5.48 Å². The summed E-state index contributed by atoms with van der Waals surface area (Å²) < 4.78 is 12.6. The van der Waals surface area contributed by atoms with Crippen LogP contribution in [0.25, 0.3) is 0 Å². The van der Waals surface area contributed by atoms with E-state index in [-0.39, 0.29) is 36.0 Å². The number of carbonyl (C=O) groups excluding carboxylic acids is 1. The first kappa shape index (κ1) is 35.5. The molecule has 4 aliphatic carbocycles. The second-order valence-electron chi connectivity index (χ2n) is 14.8. The third-order valence-corrected chi connectivity index (χ3v) is 10.5. The van der Waals surface area contributed by atoms with Gasteiger partial charge in [-0.3, -0.25) is 14.8 Å². The molecule has 4 saturated carbocycles. The van der Waals surface area contributed by atoms with Crippen molar-refractivity contribution in [1.29, 1.82) is 0 Å². The molecule has 0 heterocycles. The van der Waals surface area contributed by atoms with Crippen molar-refractivity contribution < 1.29 is 44.3 Å². The molecular formula is C33H58N2O9. The van der Waals surface area contributed by atoms with E-state index in [0.717, 1.165) is 64.2 Å². The number of aliphatic carboxylic acids is 1. The standard InChI is InChI=1S/C33H58N2O9/c1-33(2,21-42-28-14-9-25(10-15-28)35-43-18-22-5-3-4-6-23(22)19-44-40)20-41-27-12-7-24(8-13-27)34-31(37)30-17-26(36)11-16-29(30)32(38)39/h22-30,35-36,40H,3-21H2,1-2H3,(H,34,37)(H,38,39). The zero-order valence-electron chi connectivity index (χ0n) is 26.9. The Morgan fingerprint density at radius 1 is 0.750 bits per heavy atom. The molecule has 254 valence electrons. The Labute approximate surface area is 263 Å². The van der Waals surface area contributed by atoms with Gasteiger partial charge in [0.1, 0.15) is 0 Å². The number of hydrogen-bond acceptors (Lipinski definition) is 9. The van der Waals surface area contributed by atoms with E-state index in [2.05, 4.69) is 29.5 Å². The molecule has 0 aromatic rings. The van der Waals surface area contributed by atoms with Crippen LogP contribution in [0.3, 0.4) is 0 Å². The SMILES string of the molecule is CC(C)(COC1CCC(NOCC2CCCCC2COO)CC1)COC1CCC(NC(=O)C2CC(O)CCC2C(=O)O)CC1. The maximum absolute atomic E-state index is 12.9. The van der Waals surface area contributed by atoms with Crippen molar-refractivity contribution in [2.75, 3.05) is 26.4 Å². The van der Waals surface area contributed by atoms with Gasteiger partial charge < -0.3 is 29.8 Å². The first-order chi connectivity index (χ1) is 21.1. The normalized spacial score (nSPS) is 35.2. The number of rotatable bonds is 15. The largest absolute Gasteiger partial charge is 0.481 e. The highest BCUT2D eigenvalue weighted by atomic mass is 17.1. The first-order valence-electron chi connectivity index (χ1n) is 17.2. The molecule has 4 fully saturated rings. The van der Waals surface area contributed by atoms with Gasteiger partial charge >= 0.3 is 5.97 Å². The van der Waals surface area contributed by atoms with Crippen molar-refractivity contribution in [3.8, 4) is 0 Å². The topological polar surface area (TPSA) is 156 Å². The van der Waals surface area contributed by atoms with E-state index in [1.54, 1.807) is 0 Å². The van der Waals surface area contributed by atoms with Crippen LogP contribution < -0.4 is 10.8 Å². The van der Waals surface area contributed by atoms with Gasteiger partial charge in [-0.05, 0) is 95.3 Å². The molecule has 4 rings (SSSR count). The van der Waals surface area contributed by atoms with Gasteiger partial charge in [0.15, 0.2) is 0 Å². The number of hydrogen-bond donors (Lipinski definition) is 5. The minimum absolute atomic E-state index is 0.0206. The van der Waals surface area contributed by atoms with Crippen molar-refractivity contribution in [2.24, 2.45) is 29.1 Å². The lowest BCUT2D eigenvalue weighted by Gasteiger charge is -2.35. The molecule has 1 amide bonds. The average Bonchev–Trinajstić information content (AvgIpc) is 3.01. The van der Waals surface area contributed by atoms with E-state index in [4.69, 9.17) is 19.6 Å². The molecule has 4 aliphatic rings. The molecule has 5 atom stereocenters. The molecule has 11 nitrogen and oxygen atoms in total. The number of carboxylic acids is 1. The van der Waals surface area contributed by atoms with E-state index in [0.29, 0.717) is 57.1 Å². The van der Waals surface area contributed by atoms with Gasteiger partial charge in [-0.15, -0.1) is 0 Å². The maximum atomic E-state index is 12.9. The summed E-state index contributed by atoms with van der Waals surface area (Å²) in [6.07, 6.45) is 12.8. The minimum atomic E-state index is -0.953. The van der Waals surface area contributed by atoms with Crippen molar-refractivity contribution >= 4 is 11.9 Å². The lowest BCUT2D eigenvalue weighted by Crippen LogP contribution is -2.47. The smallest absolute Gasteiger partial charge is 0.307 e. The Bertz CT molecular complexity index is 871. The first-order valence-corrected chi connectivity index (χ1v) is 17.2. The van der Waals surface area contributed by atoms with Gasteiger partial charge in [0.2, 0.25) is 5.91 Å². The molecule has 0 aliphatic heterocycles. The highest BCUT2D eigenvalue weighted by molar-refractivity contribution is 5.85. The average molecular weight is 627 g/mol. The van der Waals surface area contributed by atoms with E-state index in [1.807, 2.05) is 0 Å². The van der Waals surface area contributed by atoms with Crippen molar-refractivity contribution in [2.45, 2.75) is 141 Å². The predicted octanol–water partition coefficient (Wildman–Crippen LogP) is 4.46. The van der Waals surface area contributed by atoms with Crippen molar-refractivity contribution in [3.63, 3.8) is 0 Å². The summed E-state index contributed by atoms with van der Waals surface area (Å²) in [5.74, 6) is -1.78. The molecule has 0 aromatic carbocycles. The van der Waals surface area contributed by atoms with Gasteiger partial charge in [0, 0.05) is 17.5 Å². The number of aliphatic hydroxyl groups excluding tert-OH is 1. The van der Waals surface area contributed by atoms with Crippen molar-refractivity contribution in [3.05, 3.63) is 0 Å². The van der Waals surface area contributed by atoms with Crippen molar-refractivity contribution in [1.82, 2.24) is 10.8 Å². The number of amides is 1. The van der Waals surface area contributed by atoms with Crippen LogP contribution in [-0.4, -0.2) is 84.2 Å². The third-order valence-electron chi connectivity index (χ3n) is 10.5. The highest BCUT2D eigenvalue weighted by Crippen LogP contribution is 2.33. The van der Waals surface area contributed by atoms with E-state index < -0.39 is 23.9 Å². The molecular weight excluding hydrogens is 568 g/mol. The Morgan fingerprint density at radius 3 is 1.89 bits per heavy atom. The highest BCUT2D eigenvalue weighted by Gasteiger charge is 2.40. The predicted molar refractivity (Wildman–Crippen MR) is 164 cm³/mol. The maximum Gasteiger partial charge on any atom is 0.307 e. The number of hydroxylamine groups is 1. The Hall–Kier alpha value is -1.34. The number of aliphatic hydroxyl groups is 1. The lowest BCUT2D eigenvalue weighted by atomic mass is 9.77. The quantitative estimate of drug-likeness (QED) is 0.130. The number of nitrogens with one attached hydrogen (secondary N) is 2. The summed E-state index contributed by atoms with van der Waals surface area (Å²) in [7, 11) is 0. The Balaban J connectivity index is 1.06. The summed E-state index contributed by atoms with van der Waals surface area (Å²) in [6.45, 7) is 6.67. The summed E-state index contributed by atoms with van der Waals surface area (Å²) >= 11 is 0. The van der Waals surface area contributed by atoms with Crippen LogP contribution in [0.2, 0.25) is 0 Å². The fraction of sp³-hybridized carbons (Fsp3) is 0.939. The molecule has 0 bridgehead atoms. The summed E-state index contributed by atoms with van der Waals surface area (Å²) in [5.41, 5.74) is 3.18. The zero-order valence-corrected chi connectivity index (χ0v) is 26.9. The van der Waals surface area contributed by atoms with Crippen LogP contribution in [0.1, 0.15) is 110 Å². The summed E-state index contributed by atoms with van der Waals surface area (Å²) in [4.78, 5) is 34.8. The molecule has 0 spiro atoms. The molecule has 11 heteroatoms. The summed E-state index contributed by atoms with van der Waals surface area (Å²) in [5, 5.41) is 31.4. The molecule has 0 aromatic heterocycles. The number of carbonyl (C=O) groups is 2. The Kier molecular flexibility index (Phi) is 14.2. The summed E-state index contributed by atoms with van der Waals surface area (Å²) in [6, 6.07) is 0.363. The van der Waals surface area contributed by atoms with Gasteiger partial charge in [0.25, 0.3) is 0 Å². The fourth-order valence-electron chi connectivity index (χ4n) is 7.58. The van der Waals surface area contributed by atoms with E-state index in [9.17, 15) is 19.8 Å². The van der Waals surface area contributed by atoms with Crippen LogP contribution in [0, 0.1) is 29.1 Å². The van der Waals surface area contributed by atoms with Crippen LogP contribution in [0.4, 0.5) is 0 Å². The molecule has 0 saturated heterocycles. The second-order valence-corrected chi connectivity index (χ2v) is 14.8. The molecule has 0 radical (unpaired) electrons. The van der Waals surface area contributed by atoms with E-state index in [1.165, 1.54) is 12.8 Å². The molecule has 5 N–H and O–H groups in total. The van der Waals surface area contributed by atoms with E-state index >= 15 is 0 Å². The van der Waals surface area contributed by atoms with Gasteiger partial charge in [0.05, 0.1) is 56.6 Å². The van der Waals surface area contributed by atoms with Crippen LogP contribution in [-0.2, 0) is 28.8 Å². The van der Waals surface area contributed by atoms with Crippen LogP contribution in [0.5, 0.6) is 0 Å². The lowest BCUT2D eigenvalue weighted by molar-refractivity contribution is -0.256. The monoisotopic (exact) mass is 626 g/mol. The Morgan fingerprint density at radius 2 is 1.32 bits per heavy atom. The minimum Gasteiger partial charge on any atom is -0.481 e. The third kappa shape index (κ3) is 11.2. The van der Waals surface area contributed by atoms with Gasteiger partial charge in [-0.1, -0.05) is 26.7 Å². The number of ether oxygens (including phenoxy) is 2.